The van der Waals surface area contributed by atoms with Crippen LogP contribution in [0.15, 0.2) is 30.3 Å². The molecule has 1 aromatic rings. The number of rotatable bonds is 3. The molecule has 1 fully saturated rings. The van der Waals surface area contributed by atoms with Crippen molar-refractivity contribution in [1.29, 1.82) is 0 Å². The third-order valence-electron chi connectivity index (χ3n) is 3.25. The summed E-state index contributed by atoms with van der Waals surface area (Å²) in [6.07, 6.45) is 2.31. The molecule has 0 bridgehead atoms. The fourth-order valence-electron chi connectivity index (χ4n) is 2.21. The van der Waals surface area contributed by atoms with Gasteiger partial charge in [0.15, 0.2) is 0 Å². The third kappa shape index (κ3) is 2.16. The van der Waals surface area contributed by atoms with Gasteiger partial charge in [-0.25, -0.2) is 0 Å². The molecule has 0 radical (unpaired) electrons. The second-order valence-corrected chi connectivity index (χ2v) is 7.80. The van der Waals surface area contributed by atoms with Crippen molar-refractivity contribution in [3.05, 3.63) is 30.3 Å². The maximum atomic E-state index is 11.4. The SMILES string of the molecule is CC(=O)C1CCC1(C)[Se]c1ccccc1. The van der Waals surface area contributed by atoms with E-state index in [-0.39, 0.29) is 4.31 Å². The van der Waals surface area contributed by atoms with Gasteiger partial charge in [0.1, 0.15) is 0 Å². The number of benzene rings is 1. The van der Waals surface area contributed by atoms with Crippen molar-refractivity contribution in [3.8, 4) is 0 Å². The molecule has 15 heavy (non-hydrogen) atoms. The van der Waals surface area contributed by atoms with Crippen molar-refractivity contribution in [2.75, 3.05) is 0 Å². The van der Waals surface area contributed by atoms with Crippen LogP contribution in [0, 0.1) is 5.92 Å². The van der Waals surface area contributed by atoms with Crippen molar-refractivity contribution < 1.29 is 4.79 Å². The summed E-state index contributed by atoms with van der Waals surface area (Å²) in [5, 5.41) is 0. The van der Waals surface area contributed by atoms with Crippen LogP contribution in [0.2, 0.25) is 4.31 Å². The molecule has 1 nitrogen and oxygen atoms in total. The van der Waals surface area contributed by atoms with Crippen molar-refractivity contribution in [2.24, 2.45) is 5.92 Å². The minimum atomic E-state index is 0.278. The molecule has 2 unspecified atom stereocenters. The number of hydrogen-bond acceptors (Lipinski definition) is 1. The van der Waals surface area contributed by atoms with E-state index >= 15 is 0 Å². The topological polar surface area (TPSA) is 17.1 Å². The van der Waals surface area contributed by atoms with Gasteiger partial charge in [0.25, 0.3) is 0 Å². The molecule has 1 saturated carbocycles. The quantitative estimate of drug-likeness (QED) is 0.767. The zero-order valence-corrected chi connectivity index (χ0v) is 10.9. The van der Waals surface area contributed by atoms with Crippen molar-refractivity contribution in [2.45, 2.75) is 31.0 Å². The van der Waals surface area contributed by atoms with E-state index in [1.807, 2.05) is 6.07 Å². The summed E-state index contributed by atoms with van der Waals surface area (Å²) in [7, 11) is 0. The first kappa shape index (κ1) is 10.9. The van der Waals surface area contributed by atoms with Gasteiger partial charge >= 0.3 is 97.2 Å². The average molecular weight is 267 g/mol. The van der Waals surface area contributed by atoms with Crippen LogP contribution in [0.4, 0.5) is 0 Å². The van der Waals surface area contributed by atoms with Crippen LogP contribution in [0.25, 0.3) is 0 Å². The Morgan fingerprint density at radius 3 is 2.53 bits per heavy atom. The first-order chi connectivity index (χ1) is 7.12. The van der Waals surface area contributed by atoms with Gasteiger partial charge in [-0.05, 0) is 0 Å². The Bertz CT molecular complexity index is 360. The fraction of sp³-hybridized carbons (Fsp3) is 0.462. The molecule has 1 aliphatic rings. The summed E-state index contributed by atoms with van der Waals surface area (Å²) in [5.41, 5.74) is 0. The van der Waals surface area contributed by atoms with Crippen molar-refractivity contribution >= 4 is 25.2 Å². The summed E-state index contributed by atoms with van der Waals surface area (Å²) in [4.78, 5) is 11.4. The Balaban J connectivity index is 2.09. The standard InChI is InChI=1S/C13H16OSe/c1-10(14)12-8-9-13(12,2)15-11-6-4-3-5-7-11/h3-7,12H,8-9H2,1-2H3. The molecule has 2 rings (SSSR count). The molecule has 0 N–H and O–H groups in total. The molecule has 0 heterocycles. The van der Waals surface area contributed by atoms with Crippen LogP contribution in [0.1, 0.15) is 26.7 Å². The number of carbonyl (C=O) groups is 1. The van der Waals surface area contributed by atoms with Crippen LogP contribution >= 0.6 is 0 Å². The average Bonchev–Trinajstić information content (AvgIpc) is 2.17. The number of Topliss-reactive ketones (excluding diaryl/α,β-unsaturated/α-hetero) is 1. The van der Waals surface area contributed by atoms with Crippen LogP contribution in [0.3, 0.4) is 0 Å². The predicted octanol–water partition coefficient (Wildman–Crippen LogP) is 2.19. The minimum absolute atomic E-state index is 0.278. The Morgan fingerprint density at radius 2 is 2.07 bits per heavy atom. The van der Waals surface area contributed by atoms with E-state index in [9.17, 15) is 4.79 Å². The van der Waals surface area contributed by atoms with Crippen LogP contribution < -0.4 is 4.46 Å². The monoisotopic (exact) mass is 268 g/mol. The van der Waals surface area contributed by atoms with Gasteiger partial charge < -0.3 is 0 Å². The second-order valence-electron chi connectivity index (χ2n) is 4.43. The summed E-state index contributed by atoms with van der Waals surface area (Å²) in [6.45, 7) is 4.01. The molecule has 1 aromatic carbocycles. The molecule has 0 spiro atoms. The first-order valence-corrected chi connectivity index (χ1v) is 7.08. The van der Waals surface area contributed by atoms with E-state index in [0.29, 0.717) is 26.7 Å². The Morgan fingerprint density at radius 1 is 1.40 bits per heavy atom. The first-order valence-electron chi connectivity index (χ1n) is 5.36. The van der Waals surface area contributed by atoms with Gasteiger partial charge in [0.05, 0.1) is 0 Å². The van der Waals surface area contributed by atoms with Gasteiger partial charge in [-0.1, -0.05) is 0 Å². The van der Waals surface area contributed by atoms with Gasteiger partial charge in [0.2, 0.25) is 0 Å². The molecule has 1 aliphatic carbocycles. The van der Waals surface area contributed by atoms with Gasteiger partial charge in [-0.15, -0.1) is 0 Å². The Kier molecular flexibility index (Phi) is 2.99. The molecule has 0 aromatic heterocycles. The van der Waals surface area contributed by atoms with E-state index in [1.54, 1.807) is 6.92 Å². The summed E-state index contributed by atoms with van der Waals surface area (Å²) >= 11 is 0.433. The summed E-state index contributed by atoms with van der Waals surface area (Å²) in [5.74, 6) is 0.694. The molecule has 80 valence electrons. The van der Waals surface area contributed by atoms with Crippen LogP contribution in [-0.4, -0.2) is 20.7 Å². The second kappa shape index (κ2) is 4.11. The molecular formula is C13H16OSe. The fourth-order valence-corrected chi connectivity index (χ4v) is 5.31. The van der Waals surface area contributed by atoms with E-state index in [4.69, 9.17) is 0 Å². The Hall–Kier alpha value is -0.591. The van der Waals surface area contributed by atoms with E-state index < -0.39 is 0 Å². The Labute approximate surface area is 97.4 Å². The molecule has 2 heteroatoms. The van der Waals surface area contributed by atoms with E-state index in [0.717, 1.165) is 6.42 Å². The number of carbonyl (C=O) groups excluding carboxylic acids is 1. The molecule has 0 aliphatic heterocycles. The maximum absolute atomic E-state index is 11.4. The number of hydrogen-bond donors (Lipinski definition) is 0. The van der Waals surface area contributed by atoms with Crippen LogP contribution in [-0.2, 0) is 4.79 Å². The molecule has 0 amide bonds. The van der Waals surface area contributed by atoms with Crippen molar-refractivity contribution in [3.63, 3.8) is 0 Å². The van der Waals surface area contributed by atoms with E-state index in [1.165, 1.54) is 10.9 Å². The van der Waals surface area contributed by atoms with Gasteiger partial charge in [-0.2, -0.15) is 0 Å². The van der Waals surface area contributed by atoms with Gasteiger partial charge in [0, 0.05) is 0 Å². The van der Waals surface area contributed by atoms with Crippen LogP contribution in [0.5, 0.6) is 0 Å². The molecule has 0 saturated heterocycles. The third-order valence-corrected chi connectivity index (χ3v) is 6.32. The number of ketones is 1. The zero-order valence-electron chi connectivity index (χ0n) is 9.19. The van der Waals surface area contributed by atoms with Crippen molar-refractivity contribution in [1.82, 2.24) is 0 Å². The zero-order chi connectivity index (χ0) is 10.9. The predicted molar refractivity (Wildman–Crippen MR) is 63.6 cm³/mol. The summed E-state index contributed by atoms with van der Waals surface area (Å²) < 4.78 is 1.69. The normalized spacial score (nSPS) is 29.6. The van der Waals surface area contributed by atoms with Gasteiger partial charge in [-0.3, -0.25) is 0 Å². The van der Waals surface area contributed by atoms with E-state index in [2.05, 4.69) is 31.2 Å². The summed E-state index contributed by atoms with van der Waals surface area (Å²) in [6, 6.07) is 10.6. The molecule has 2 atom stereocenters. The molecular weight excluding hydrogens is 251 g/mol.